The molecule has 0 spiro atoms. The molecule has 1 N–H and O–H groups in total. The summed E-state index contributed by atoms with van der Waals surface area (Å²) in [6, 6.07) is 23.5. The van der Waals surface area contributed by atoms with Crippen LogP contribution >= 0.6 is 11.6 Å². The van der Waals surface area contributed by atoms with Crippen LogP contribution < -0.4 is 10.2 Å². The molecule has 1 atom stereocenters. The average molecular weight is 391 g/mol. The van der Waals surface area contributed by atoms with Crippen molar-refractivity contribution in [2.24, 2.45) is 0 Å². The van der Waals surface area contributed by atoms with Gasteiger partial charge >= 0.3 is 0 Å². The Bertz CT molecular complexity index is 1000. The average Bonchev–Trinajstić information content (AvgIpc) is 2.68. The predicted molar refractivity (Wildman–Crippen MR) is 116 cm³/mol. The van der Waals surface area contributed by atoms with Gasteiger partial charge in [-0.2, -0.15) is 0 Å². The van der Waals surface area contributed by atoms with E-state index < -0.39 is 0 Å². The molecule has 0 saturated heterocycles. The molecular formula is C24H23ClN2O. The Hall–Kier alpha value is -2.78. The third kappa shape index (κ3) is 3.38. The Morgan fingerprint density at radius 3 is 2.18 bits per heavy atom. The van der Waals surface area contributed by atoms with Gasteiger partial charge in [-0.3, -0.25) is 9.69 Å². The SMILES string of the molecule is CC(C)(C)c1ccc(N2C(=O)c3ccccc3N[C@H]2c2ccc(Cl)cc2)cc1. The summed E-state index contributed by atoms with van der Waals surface area (Å²) in [7, 11) is 0. The lowest BCUT2D eigenvalue weighted by Crippen LogP contribution is -2.43. The number of nitrogens with one attached hydrogen (secondary N) is 1. The van der Waals surface area contributed by atoms with E-state index in [-0.39, 0.29) is 17.5 Å². The molecule has 3 nitrogen and oxygen atoms in total. The molecule has 0 radical (unpaired) electrons. The Morgan fingerprint density at radius 2 is 1.54 bits per heavy atom. The third-order valence-corrected chi connectivity index (χ3v) is 5.38. The number of nitrogens with zero attached hydrogens (tertiary/aromatic N) is 1. The van der Waals surface area contributed by atoms with Crippen molar-refractivity contribution >= 4 is 28.9 Å². The van der Waals surface area contributed by atoms with Crippen molar-refractivity contribution in [3.8, 4) is 0 Å². The predicted octanol–water partition coefficient (Wildman–Crippen LogP) is 6.41. The second kappa shape index (κ2) is 6.99. The number of carbonyl (C=O) groups excluding carboxylic acids is 1. The number of fused-ring (bicyclic) bond motifs is 1. The molecule has 0 unspecified atom stereocenters. The van der Waals surface area contributed by atoms with Gasteiger partial charge in [0.25, 0.3) is 5.91 Å². The number of rotatable bonds is 2. The van der Waals surface area contributed by atoms with E-state index in [2.05, 4.69) is 38.2 Å². The van der Waals surface area contributed by atoms with Gasteiger partial charge in [0.05, 0.1) is 5.56 Å². The van der Waals surface area contributed by atoms with Crippen molar-refractivity contribution in [2.75, 3.05) is 10.2 Å². The van der Waals surface area contributed by atoms with Crippen LogP contribution in [0.4, 0.5) is 11.4 Å². The van der Waals surface area contributed by atoms with E-state index in [0.717, 1.165) is 16.9 Å². The Labute approximate surface area is 171 Å². The monoisotopic (exact) mass is 390 g/mol. The maximum atomic E-state index is 13.4. The zero-order chi connectivity index (χ0) is 19.9. The summed E-state index contributed by atoms with van der Waals surface area (Å²) in [6.07, 6.45) is -0.305. The molecule has 142 valence electrons. The van der Waals surface area contributed by atoms with Gasteiger partial charge in [0.1, 0.15) is 6.17 Å². The molecule has 0 saturated carbocycles. The molecule has 1 heterocycles. The van der Waals surface area contributed by atoms with Gasteiger partial charge in [0.2, 0.25) is 0 Å². The number of hydrogen-bond donors (Lipinski definition) is 1. The van der Waals surface area contributed by atoms with Gasteiger partial charge in [-0.1, -0.05) is 68.8 Å². The smallest absolute Gasteiger partial charge is 0.262 e. The summed E-state index contributed by atoms with van der Waals surface area (Å²) in [4.78, 5) is 15.2. The summed E-state index contributed by atoms with van der Waals surface area (Å²) in [5.41, 5.74) is 4.65. The summed E-state index contributed by atoms with van der Waals surface area (Å²) >= 11 is 6.07. The maximum absolute atomic E-state index is 13.4. The van der Waals surface area contributed by atoms with Crippen LogP contribution in [0.5, 0.6) is 0 Å². The summed E-state index contributed by atoms with van der Waals surface area (Å²) < 4.78 is 0. The van der Waals surface area contributed by atoms with Gasteiger partial charge in [-0.15, -0.1) is 0 Å². The molecule has 3 aromatic rings. The van der Waals surface area contributed by atoms with E-state index in [1.807, 2.05) is 65.6 Å². The maximum Gasteiger partial charge on any atom is 0.262 e. The van der Waals surface area contributed by atoms with Crippen LogP contribution in [-0.2, 0) is 5.41 Å². The molecule has 3 aromatic carbocycles. The van der Waals surface area contributed by atoms with Crippen LogP contribution in [0.2, 0.25) is 5.02 Å². The number of benzene rings is 3. The van der Waals surface area contributed by atoms with Crippen LogP contribution in [-0.4, -0.2) is 5.91 Å². The van der Waals surface area contributed by atoms with Crippen molar-refractivity contribution in [1.82, 2.24) is 0 Å². The van der Waals surface area contributed by atoms with Crippen molar-refractivity contribution in [2.45, 2.75) is 32.4 Å². The number of anilines is 2. The fourth-order valence-corrected chi connectivity index (χ4v) is 3.65. The first-order valence-corrected chi connectivity index (χ1v) is 9.77. The first-order chi connectivity index (χ1) is 13.3. The van der Waals surface area contributed by atoms with Crippen molar-refractivity contribution < 1.29 is 4.79 Å². The zero-order valence-corrected chi connectivity index (χ0v) is 17.0. The first-order valence-electron chi connectivity index (χ1n) is 9.40. The molecule has 1 aliphatic heterocycles. The van der Waals surface area contributed by atoms with Gasteiger partial charge in [-0.05, 0) is 52.9 Å². The lowest BCUT2D eigenvalue weighted by atomic mass is 9.87. The Morgan fingerprint density at radius 1 is 0.893 bits per heavy atom. The van der Waals surface area contributed by atoms with Crippen LogP contribution in [0.1, 0.15) is 48.4 Å². The minimum absolute atomic E-state index is 0.0159. The Kier molecular flexibility index (Phi) is 4.64. The lowest BCUT2D eigenvalue weighted by molar-refractivity contribution is 0.0975. The van der Waals surface area contributed by atoms with E-state index >= 15 is 0 Å². The molecule has 1 aliphatic rings. The highest BCUT2D eigenvalue weighted by Crippen LogP contribution is 2.37. The standard InChI is InChI=1S/C24H23ClN2O/c1-24(2,3)17-10-14-19(15-11-17)27-22(16-8-12-18(25)13-9-16)26-21-7-5-4-6-20(21)23(27)28/h4-15,22,26H,1-3H3/t22-/m1/s1. The molecule has 28 heavy (non-hydrogen) atoms. The Balaban J connectivity index is 1.81. The summed E-state index contributed by atoms with van der Waals surface area (Å²) in [5.74, 6) is -0.0159. The number of para-hydroxylation sites is 1. The highest BCUT2D eigenvalue weighted by atomic mass is 35.5. The van der Waals surface area contributed by atoms with Gasteiger partial charge < -0.3 is 5.32 Å². The number of halogens is 1. The fourth-order valence-electron chi connectivity index (χ4n) is 3.52. The molecular weight excluding hydrogens is 368 g/mol. The molecule has 0 aromatic heterocycles. The lowest BCUT2D eigenvalue weighted by Gasteiger charge is -2.38. The topological polar surface area (TPSA) is 32.3 Å². The van der Waals surface area contributed by atoms with E-state index in [1.54, 1.807) is 0 Å². The summed E-state index contributed by atoms with van der Waals surface area (Å²) in [6.45, 7) is 6.55. The highest BCUT2D eigenvalue weighted by Gasteiger charge is 2.34. The van der Waals surface area contributed by atoms with Crippen molar-refractivity contribution in [3.63, 3.8) is 0 Å². The normalized spacial score (nSPS) is 16.5. The highest BCUT2D eigenvalue weighted by molar-refractivity contribution is 6.30. The van der Waals surface area contributed by atoms with Crippen molar-refractivity contribution in [1.29, 1.82) is 0 Å². The van der Waals surface area contributed by atoms with E-state index in [1.165, 1.54) is 5.56 Å². The molecule has 1 amide bonds. The number of amides is 1. The van der Waals surface area contributed by atoms with E-state index in [4.69, 9.17) is 11.6 Å². The molecule has 0 bridgehead atoms. The summed E-state index contributed by atoms with van der Waals surface area (Å²) in [5, 5.41) is 4.19. The van der Waals surface area contributed by atoms with Gasteiger partial charge in [-0.25, -0.2) is 0 Å². The first kappa shape index (κ1) is 18.6. The van der Waals surface area contributed by atoms with E-state index in [0.29, 0.717) is 10.6 Å². The van der Waals surface area contributed by atoms with Crippen molar-refractivity contribution in [3.05, 3.63) is 94.5 Å². The van der Waals surface area contributed by atoms with Crippen LogP contribution in [0, 0.1) is 0 Å². The quantitative estimate of drug-likeness (QED) is 0.548. The van der Waals surface area contributed by atoms with Gasteiger partial charge in [0, 0.05) is 16.4 Å². The van der Waals surface area contributed by atoms with Crippen LogP contribution in [0.15, 0.2) is 72.8 Å². The fraction of sp³-hybridized carbons (Fsp3) is 0.208. The minimum Gasteiger partial charge on any atom is -0.360 e. The van der Waals surface area contributed by atoms with E-state index in [9.17, 15) is 4.79 Å². The molecule has 4 heteroatoms. The third-order valence-electron chi connectivity index (χ3n) is 5.12. The minimum atomic E-state index is -0.305. The largest absolute Gasteiger partial charge is 0.360 e. The number of carbonyl (C=O) groups is 1. The van der Waals surface area contributed by atoms with Crippen LogP contribution in [0.3, 0.4) is 0 Å². The van der Waals surface area contributed by atoms with Gasteiger partial charge in [0.15, 0.2) is 0 Å². The zero-order valence-electron chi connectivity index (χ0n) is 16.2. The van der Waals surface area contributed by atoms with Crippen LogP contribution in [0.25, 0.3) is 0 Å². The molecule has 4 rings (SSSR count). The second-order valence-electron chi connectivity index (χ2n) is 8.12. The molecule has 0 aliphatic carbocycles. The number of hydrogen-bond acceptors (Lipinski definition) is 2. The molecule has 0 fully saturated rings. The second-order valence-corrected chi connectivity index (χ2v) is 8.55.